The number of alkyl halides is 3. The summed E-state index contributed by atoms with van der Waals surface area (Å²) in [5.74, 6) is 0.432. The number of halogens is 3. The molecule has 1 N–H and O–H groups in total. The number of hydrogen-bond donors (Lipinski definition) is 1. The van der Waals surface area contributed by atoms with Gasteiger partial charge in [0.2, 0.25) is 0 Å². The number of nitrogens with one attached hydrogen (secondary N) is 1. The standard InChI is InChI=1S/C21H16F3NO2/c1-14-6-2-5-9-19(14)27-16-12-10-15(11-13-16)25-20(26)17-7-3-4-8-18(17)21(22,23)24/h2-13H,1H3,(H,25,26). The molecule has 0 aliphatic rings. The Morgan fingerprint density at radius 2 is 1.52 bits per heavy atom. The molecule has 0 aromatic heterocycles. The number of amides is 1. The molecule has 0 unspecified atom stereocenters. The fourth-order valence-electron chi connectivity index (χ4n) is 2.53. The van der Waals surface area contributed by atoms with Crippen LogP contribution >= 0.6 is 0 Å². The zero-order valence-electron chi connectivity index (χ0n) is 14.4. The van der Waals surface area contributed by atoms with Crippen LogP contribution in [0.2, 0.25) is 0 Å². The highest BCUT2D eigenvalue weighted by molar-refractivity contribution is 6.05. The lowest BCUT2D eigenvalue weighted by Gasteiger charge is -2.13. The van der Waals surface area contributed by atoms with E-state index >= 15 is 0 Å². The maximum Gasteiger partial charge on any atom is 0.417 e. The SMILES string of the molecule is Cc1ccccc1Oc1ccc(NC(=O)c2ccccc2C(F)(F)F)cc1. The van der Waals surface area contributed by atoms with Crippen LogP contribution in [0.4, 0.5) is 18.9 Å². The van der Waals surface area contributed by atoms with Gasteiger partial charge < -0.3 is 10.1 Å². The predicted molar refractivity (Wildman–Crippen MR) is 97.1 cm³/mol. The Hall–Kier alpha value is -3.28. The molecule has 0 fully saturated rings. The van der Waals surface area contributed by atoms with Gasteiger partial charge in [-0.25, -0.2) is 0 Å². The van der Waals surface area contributed by atoms with E-state index in [4.69, 9.17) is 4.74 Å². The zero-order chi connectivity index (χ0) is 19.4. The van der Waals surface area contributed by atoms with Gasteiger partial charge in [0.25, 0.3) is 5.91 Å². The van der Waals surface area contributed by atoms with Crippen molar-refractivity contribution in [1.82, 2.24) is 0 Å². The number of aryl methyl sites for hydroxylation is 1. The average Bonchev–Trinajstić information content (AvgIpc) is 2.64. The minimum atomic E-state index is -4.60. The van der Waals surface area contributed by atoms with Gasteiger partial charge in [0.1, 0.15) is 11.5 Å². The second kappa shape index (κ2) is 7.53. The molecule has 0 bridgehead atoms. The van der Waals surface area contributed by atoms with E-state index in [1.54, 1.807) is 24.3 Å². The Balaban J connectivity index is 1.74. The highest BCUT2D eigenvalue weighted by atomic mass is 19.4. The van der Waals surface area contributed by atoms with Crippen LogP contribution in [0.15, 0.2) is 72.8 Å². The van der Waals surface area contributed by atoms with E-state index < -0.39 is 23.2 Å². The van der Waals surface area contributed by atoms with E-state index in [1.165, 1.54) is 12.1 Å². The fraction of sp³-hybridized carbons (Fsp3) is 0.0952. The van der Waals surface area contributed by atoms with Crippen molar-refractivity contribution in [1.29, 1.82) is 0 Å². The second-order valence-electron chi connectivity index (χ2n) is 5.89. The van der Waals surface area contributed by atoms with Crippen molar-refractivity contribution in [2.45, 2.75) is 13.1 Å². The van der Waals surface area contributed by atoms with Gasteiger partial charge in [-0.2, -0.15) is 13.2 Å². The molecule has 3 rings (SSSR count). The van der Waals surface area contributed by atoms with Gasteiger partial charge in [-0.15, -0.1) is 0 Å². The van der Waals surface area contributed by atoms with Crippen LogP contribution < -0.4 is 10.1 Å². The van der Waals surface area contributed by atoms with E-state index in [2.05, 4.69) is 5.32 Å². The summed E-state index contributed by atoms with van der Waals surface area (Å²) in [6, 6.07) is 18.6. The third kappa shape index (κ3) is 4.47. The number of benzene rings is 3. The molecule has 0 saturated heterocycles. The van der Waals surface area contributed by atoms with Gasteiger partial charge in [-0.3, -0.25) is 4.79 Å². The molecule has 0 aliphatic carbocycles. The summed E-state index contributed by atoms with van der Waals surface area (Å²) in [7, 11) is 0. The number of rotatable bonds is 4. The molecule has 0 atom stereocenters. The van der Waals surface area contributed by atoms with Crippen LogP contribution in [0.25, 0.3) is 0 Å². The largest absolute Gasteiger partial charge is 0.457 e. The molecule has 1 amide bonds. The van der Waals surface area contributed by atoms with Crippen LogP contribution in [0.3, 0.4) is 0 Å². The normalized spacial score (nSPS) is 11.1. The number of carbonyl (C=O) groups excluding carboxylic acids is 1. The first-order chi connectivity index (χ1) is 12.8. The first-order valence-corrected chi connectivity index (χ1v) is 8.16. The number of carbonyl (C=O) groups is 1. The first kappa shape index (κ1) is 18.5. The van der Waals surface area contributed by atoms with Crippen LogP contribution in [-0.4, -0.2) is 5.91 Å². The van der Waals surface area contributed by atoms with Gasteiger partial charge in [0, 0.05) is 5.69 Å². The van der Waals surface area contributed by atoms with E-state index in [0.29, 0.717) is 17.2 Å². The van der Waals surface area contributed by atoms with Gasteiger partial charge in [-0.05, 0) is 55.0 Å². The topological polar surface area (TPSA) is 38.3 Å². The molecule has 0 heterocycles. The molecule has 3 aromatic carbocycles. The lowest BCUT2D eigenvalue weighted by Crippen LogP contribution is -2.18. The van der Waals surface area contributed by atoms with Crippen molar-refractivity contribution in [3.8, 4) is 11.5 Å². The smallest absolute Gasteiger partial charge is 0.417 e. The van der Waals surface area contributed by atoms with E-state index in [9.17, 15) is 18.0 Å². The monoisotopic (exact) mass is 371 g/mol. The molecule has 0 aliphatic heterocycles. The molecule has 0 saturated carbocycles. The summed E-state index contributed by atoms with van der Waals surface area (Å²) in [4.78, 5) is 12.3. The van der Waals surface area contributed by atoms with Crippen molar-refractivity contribution >= 4 is 11.6 Å². The molecule has 0 radical (unpaired) electrons. The average molecular weight is 371 g/mol. The minimum Gasteiger partial charge on any atom is -0.457 e. The van der Waals surface area contributed by atoms with Crippen LogP contribution in [0.1, 0.15) is 21.5 Å². The molecule has 6 heteroatoms. The summed E-state index contributed by atoms with van der Waals surface area (Å²) < 4.78 is 44.9. The van der Waals surface area contributed by atoms with Gasteiger partial charge >= 0.3 is 6.18 Å². The van der Waals surface area contributed by atoms with Gasteiger partial charge in [0.15, 0.2) is 0 Å². The van der Waals surface area contributed by atoms with Gasteiger partial charge in [-0.1, -0.05) is 30.3 Å². The number of ether oxygens (including phenoxy) is 1. The number of para-hydroxylation sites is 1. The quantitative estimate of drug-likeness (QED) is 0.605. The summed E-state index contributed by atoms with van der Waals surface area (Å²) in [6.07, 6.45) is -4.60. The Labute approximate surface area is 154 Å². The van der Waals surface area contributed by atoms with E-state index in [1.807, 2.05) is 31.2 Å². The maximum atomic E-state index is 13.0. The molecule has 0 spiro atoms. The summed E-state index contributed by atoms with van der Waals surface area (Å²) in [5.41, 5.74) is -0.0556. The van der Waals surface area contributed by atoms with Crippen LogP contribution in [0.5, 0.6) is 11.5 Å². The lowest BCUT2D eigenvalue weighted by atomic mass is 10.1. The number of hydrogen-bond acceptors (Lipinski definition) is 2. The van der Waals surface area contributed by atoms with Crippen LogP contribution in [0, 0.1) is 6.92 Å². The third-order valence-corrected chi connectivity index (χ3v) is 3.91. The molecule has 3 aromatic rings. The first-order valence-electron chi connectivity index (χ1n) is 8.16. The molecular formula is C21H16F3NO2. The lowest BCUT2D eigenvalue weighted by molar-refractivity contribution is -0.137. The molecule has 3 nitrogen and oxygen atoms in total. The van der Waals surface area contributed by atoms with E-state index in [-0.39, 0.29) is 0 Å². The highest BCUT2D eigenvalue weighted by Crippen LogP contribution is 2.32. The zero-order valence-corrected chi connectivity index (χ0v) is 14.4. The molecular weight excluding hydrogens is 355 g/mol. The van der Waals surface area contributed by atoms with Crippen molar-refractivity contribution in [3.05, 3.63) is 89.5 Å². The van der Waals surface area contributed by atoms with Crippen molar-refractivity contribution in [2.75, 3.05) is 5.32 Å². The van der Waals surface area contributed by atoms with Crippen molar-refractivity contribution < 1.29 is 22.7 Å². The highest BCUT2D eigenvalue weighted by Gasteiger charge is 2.34. The van der Waals surface area contributed by atoms with Crippen molar-refractivity contribution in [2.24, 2.45) is 0 Å². The Kier molecular flexibility index (Phi) is 5.16. The Morgan fingerprint density at radius 1 is 0.889 bits per heavy atom. The fourth-order valence-corrected chi connectivity index (χ4v) is 2.53. The van der Waals surface area contributed by atoms with Crippen molar-refractivity contribution in [3.63, 3.8) is 0 Å². The van der Waals surface area contributed by atoms with E-state index in [0.717, 1.165) is 17.7 Å². The Bertz CT molecular complexity index is 950. The number of anilines is 1. The van der Waals surface area contributed by atoms with Crippen LogP contribution in [-0.2, 0) is 6.18 Å². The predicted octanol–water partition coefficient (Wildman–Crippen LogP) is 6.06. The second-order valence-corrected chi connectivity index (χ2v) is 5.89. The molecule has 138 valence electrons. The summed E-state index contributed by atoms with van der Waals surface area (Å²) >= 11 is 0. The maximum absolute atomic E-state index is 13.0. The summed E-state index contributed by atoms with van der Waals surface area (Å²) in [5, 5.41) is 2.48. The summed E-state index contributed by atoms with van der Waals surface area (Å²) in [6.45, 7) is 1.92. The molecule has 27 heavy (non-hydrogen) atoms. The Morgan fingerprint density at radius 3 is 2.19 bits per heavy atom. The third-order valence-electron chi connectivity index (χ3n) is 3.91. The minimum absolute atomic E-state index is 0.370. The van der Waals surface area contributed by atoms with Gasteiger partial charge in [0.05, 0.1) is 11.1 Å².